The molecule has 7 heteroatoms. The Morgan fingerprint density at radius 1 is 1.10 bits per heavy atom. The number of thioether (sulfide) groups is 1. The molecule has 0 spiro atoms. The smallest absolute Gasteiger partial charge is 0.344 e. The van der Waals surface area contributed by atoms with E-state index in [1.54, 1.807) is 49.4 Å². The summed E-state index contributed by atoms with van der Waals surface area (Å²) in [6.45, 7) is 6.21. The molecule has 0 bridgehead atoms. The van der Waals surface area contributed by atoms with Crippen LogP contribution in [0.5, 0.6) is 11.5 Å². The van der Waals surface area contributed by atoms with Crippen molar-refractivity contribution in [1.82, 2.24) is 0 Å². The van der Waals surface area contributed by atoms with Crippen molar-refractivity contribution in [2.24, 2.45) is 4.99 Å². The molecule has 0 radical (unpaired) electrons. The molecule has 1 aliphatic rings. The number of phenols is 1. The normalized spacial score (nSPS) is 16.4. The molecule has 1 heterocycles. The van der Waals surface area contributed by atoms with Crippen molar-refractivity contribution >= 4 is 34.5 Å². The molecular formula is C23H23NO5S. The molecule has 6 nitrogen and oxygen atoms in total. The quantitative estimate of drug-likeness (QED) is 0.611. The number of phenolic OH excluding ortho intramolecular Hbond substituents is 1. The van der Waals surface area contributed by atoms with Crippen LogP contribution in [0.25, 0.3) is 6.08 Å². The molecule has 0 unspecified atom stereocenters. The van der Waals surface area contributed by atoms with Crippen LogP contribution < -0.4 is 4.74 Å². The van der Waals surface area contributed by atoms with E-state index in [0.717, 1.165) is 23.1 Å². The van der Waals surface area contributed by atoms with Crippen molar-refractivity contribution in [2.45, 2.75) is 20.8 Å². The van der Waals surface area contributed by atoms with Gasteiger partial charge in [-0.3, -0.25) is 0 Å². The summed E-state index contributed by atoms with van der Waals surface area (Å²) in [6.07, 6.45) is 1.62. The number of nitrogens with zero attached hydrogens (tertiary/aromatic N) is 1. The molecule has 156 valence electrons. The van der Waals surface area contributed by atoms with Crippen molar-refractivity contribution in [3.05, 3.63) is 69.8 Å². The number of hydrogen-bond donors (Lipinski definition) is 2. The van der Waals surface area contributed by atoms with Crippen LogP contribution in [0.3, 0.4) is 0 Å². The summed E-state index contributed by atoms with van der Waals surface area (Å²) >= 11 is 1.14. The van der Waals surface area contributed by atoms with Gasteiger partial charge in [0.2, 0.25) is 0 Å². The first-order chi connectivity index (χ1) is 14.4. The fourth-order valence-electron chi connectivity index (χ4n) is 2.81. The Hall–Kier alpha value is -3.19. The number of aliphatic hydroxyl groups excluding tert-OH is 1. The number of esters is 1. The Bertz CT molecular complexity index is 1040. The van der Waals surface area contributed by atoms with Crippen molar-refractivity contribution in [3.8, 4) is 11.5 Å². The van der Waals surface area contributed by atoms with Crippen molar-refractivity contribution in [3.63, 3.8) is 0 Å². The van der Waals surface area contributed by atoms with E-state index in [4.69, 9.17) is 9.47 Å². The van der Waals surface area contributed by atoms with Crippen LogP contribution in [0, 0.1) is 6.92 Å². The first-order valence-electron chi connectivity index (χ1n) is 9.54. The highest BCUT2D eigenvalue weighted by Gasteiger charge is 2.33. The first-order valence-corrected chi connectivity index (χ1v) is 10.4. The van der Waals surface area contributed by atoms with Gasteiger partial charge in [-0.25, -0.2) is 9.79 Å². The molecule has 0 amide bonds. The molecule has 2 N–H and O–H groups in total. The molecule has 0 aliphatic carbocycles. The number of aromatic hydroxyl groups is 1. The number of benzene rings is 2. The lowest BCUT2D eigenvalue weighted by Crippen LogP contribution is -2.12. The highest BCUT2D eigenvalue weighted by molar-refractivity contribution is 8.18. The zero-order valence-corrected chi connectivity index (χ0v) is 17.8. The maximum Gasteiger partial charge on any atom is 0.344 e. The number of ether oxygens (including phenoxy) is 2. The van der Waals surface area contributed by atoms with Crippen LogP contribution in [-0.4, -0.2) is 34.4 Å². The largest absolute Gasteiger partial charge is 0.507 e. The monoisotopic (exact) mass is 425 g/mol. The topological polar surface area (TPSA) is 88.4 Å². The van der Waals surface area contributed by atoms with Crippen LogP contribution >= 0.6 is 11.8 Å². The van der Waals surface area contributed by atoms with Crippen LogP contribution in [0.1, 0.15) is 25.0 Å². The second-order valence-corrected chi connectivity index (χ2v) is 7.49. The predicted octanol–water partition coefficient (Wildman–Crippen LogP) is 5.29. The third kappa shape index (κ3) is 4.86. The van der Waals surface area contributed by atoms with E-state index < -0.39 is 5.97 Å². The maximum atomic E-state index is 12.5. The lowest BCUT2D eigenvalue weighted by Gasteiger charge is -2.05. The number of hydrogen-bond acceptors (Lipinski definition) is 7. The predicted molar refractivity (Wildman–Crippen MR) is 119 cm³/mol. The molecule has 2 aromatic carbocycles. The molecule has 0 saturated heterocycles. The minimum Gasteiger partial charge on any atom is -0.507 e. The number of carbonyl (C=O) groups is 1. The second kappa shape index (κ2) is 9.54. The number of rotatable bonds is 6. The van der Waals surface area contributed by atoms with Crippen LogP contribution in [-0.2, 0) is 9.53 Å². The zero-order valence-electron chi connectivity index (χ0n) is 17.0. The van der Waals surface area contributed by atoms with Crippen LogP contribution in [0.2, 0.25) is 0 Å². The Morgan fingerprint density at radius 2 is 1.83 bits per heavy atom. The maximum absolute atomic E-state index is 12.5. The first kappa shape index (κ1) is 21.5. The number of aliphatic imine (C=N–C) groups is 1. The average molecular weight is 426 g/mol. The summed E-state index contributed by atoms with van der Waals surface area (Å²) in [5.41, 5.74) is 2.06. The van der Waals surface area contributed by atoms with Gasteiger partial charge in [0, 0.05) is 5.56 Å². The second-order valence-electron chi connectivity index (χ2n) is 6.46. The van der Waals surface area contributed by atoms with E-state index in [-0.39, 0.29) is 23.7 Å². The van der Waals surface area contributed by atoms with E-state index in [1.165, 1.54) is 0 Å². The molecule has 0 saturated carbocycles. The van der Waals surface area contributed by atoms with E-state index >= 15 is 0 Å². The summed E-state index contributed by atoms with van der Waals surface area (Å²) in [5, 5.41) is 21.2. The van der Waals surface area contributed by atoms with Gasteiger partial charge >= 0.3 is 5.97 Å². The molecular weight excluding hydrogens is 402 g/mol. The van der Waals surface area contributed by atoms with E-state index in [9.17, 15) is 15.0 Å². The van der Waals surface area contributed by atoms with Gasteiger partial charge < -0.3 is 19.7 Å². The van der Waals surface area contributed by atoms with Crippen molar-refractivity contribution in [2.75, 3.05) is 13.2 Å². The summed E-state index contributed by atoms with van der Waals surface area (Å²) in [4.78, 5) is 17.4. The van der Waals surface area contributed by atoms with E-state index in [2.05, 4.69) is 4.99 Å². The van der Waals surface area contributed by atoms with E-state index in [0.29, 0.717) is 27.8 Å². The Balaban J connectivity index is 2.00. The summed E-state index contributed by atoms with van der Waals surface area (Å²) in [7, 11) is 0. The molecule has 0 fully saturated rings. The van der Waals surface area contributed by atoms with E-state index in [1.807, 2.05) is 19.9 Å². The Morgan fingerprint density at radius 3 is 2.47 bits per heavy atom. The number of aryl methyl sites for hydroxylation is 1. The zero-order chi connectivity index (χ0) is 21.7. The fourth-order valence-corrected chi connectivity index (χ4v) is 3.84. The minimum atomic E-state index is -0.649. The number of aliphatic hydroxyl groups is 1. The Kier molecular flexibility index (Phi) is 6.84. The van der Waals surface area contributed by atoms with Gasteiger partial charge in [0.1, 0.15) is 27.9 Å². The molecule has 1 aliphatic heterocycles. The van der Waals surface area contributed by atoms with Gasteiger partial charge in [-0.15, -0.1) is 0 Å². The van der Waals surface area contributed by atoms with Gasteiger partial charge in [0.05, 0.1) is 23.8 Å². The van der Waals surface area contributed by atoms with Gasteiger partial charge in [-0.05, 0) is 62.7 Å². The standard InChI is InChI=1S/C23H23NO5S/c1-4-28-17-10-8-16(9-11-17)24-22-20(23(27)29-5-2)21(26)19(30-22)13-15-7-6-14(3)12-18(15)25/h6-13,25-26H,4-5H2,1-3H3/b19-13+,24-22?. The SMILES string of the molecule is CCOC(=O)C1=C(O)/C(=C\c2ccc(C)cc2O)SC1=Nc1ccc(OCC)cc1. The van der Waals surface area contributed by atoms with Crippen molar-refractivity contribution < 1.29 is 24.5 Å². The minimum absolute atomic E-state index is 0.00795. The lowest BCUT2D eigenvalue weighted by atomic mass is 10.1. The molecule has 0 aromatic heterocycles. The third-order valence-electron chi connectivity index (χ3n) is 4.22. The molecule has 0 atom stereocenters. The van der Waals surface area contributed by atoms with Crippen LogP contribution in [0.15, 0.2) is 63.7 Å². The van der Waals surface area contributed by atoms with Crippen LogP contribution in [0.4, 0.5) is 5.69 Å². The lowest BCUT2D eigenvalue weighted by molar-refractivity contribution is -0.138. The Labute approximate surface area is 179 Å². The van der Waals surface area contributed by atoms with Gasteiger partial charge in [-0.1, -0.05) is 23.9 Å². The molecule has 2 aromatic rings. The van der Waals surface area contributed by atoms with Crippen molar-refractivity contribution in [1.29, 1.82) is 0 Å². The fraction of sp³-hybridized carbons (Fsp3) is 0.217. The summed E-state index contributed by atoms with van der Waals surface area (Å²) in [6, 6.07) is 12.4. The number of carbonyl (C=O) groups excluding carboxylic acids is 1. The summed E-state index contributed by atoms with van der Waals surface area (Å²) in [5.74, 6) is -0.0581. The average Bonchev–Trinajstić information content (AvgIpc) is 3.01. The summed E-state index contributed by atoms with van der Waals surface area (Å²) < 4.78 is 10.5. The van der Waals surface area contributed by atoms with Gasteiger partial charge in [0.15, 0.2) is 0 Å². The highest BCUT2D eigenvalue weighted by atomic mass is 32.2. The highest BCUT2D eigenvalue weighted by Crippen LogP contribution is 2.41. The molecule has 3 rings (SSSR count). The third-order valence-corrected chi connectivity index (χ3v) is 5.24. The van der Waals surface area contributed by atoms with Gasteiger partial charge in [0.25, 0.3) is 0 Å². The van der Waals surface area contributed by atoms with Gasteiger partial charge in [-0.2, -0.15) is 0 Å². The molecule has 30 heavy (non-hydrogen) atoms.